The van der Waals surface area contributed by atoms with Crippen molar-refractivity contribution in [2.45, 2.75) is 26.3 Å². The van der Waals surface area contributed by atoms with Gasteiger partial charge in [0.15, 0.2) is 11.5 Å². The Morgan fingerprint density at radius 1 is 1.27 bits per heavy atom. The summed E-state index contributed by atoms with van der Waals surface area (Å²) >= 11 is 0. The van der Waals surface area contributed by atoms with Crippen LogP contribution in [0.5, 0.6) is 11.5 Å². The zero-order valence-corrected chi connectivity index (χ0v) is 15.7. The minimum atomic E-state index is 0.186. The van der Waals surface area contributed by atoms with E-state index in [0.29, 0.717) is 12.7 Å². The number of rotatable bonds is 4. The van der Waals surface area contributed by atoms with Gasteiger partial charge in [-0.05, 0) is 49.0 Å². The fraction of sp³-hybridized carbons (Fsp3) is 0.650. The normalized spacial score (nSPS) is 24.4. The molecule has 1 atom stereocenters. The first kappa shape index (κ1) is 17.6. The van der Waals surface area contributed by atoms with Crippen LogP contribution in [0.4, 0.5) is 0 Å². The van der Waals surface area contributed by atoms with Crippen LogP contribution in [0.1, 0.15) is 25.3 Å². The molecule has 26 heavy (non-hydrogen) atoms. The second kappa shape index (κ2) is 7.08. The van der Waals surface area contributed by atoms with Crippen LogP contribution in [-0.2, 0) is 16.1 Å². The van der Waals surface area contributed by atoms with Gasteiger partial charge in [-0.3, -0.25) is 9.69 Å². The molecule has 2 saturated heterocycles. The Kier molecular flexibility index (Phi) is 4.80. The average molecular weight is 360 g/mol. The number of methoxy groups -OCH3 is 1. The van der Waals surface area contributed by atoms with Gasteiger partial charge in [0.05, 0.1) is 6.61 Å². The average Bonchev–Trinajstić information content (AvgIpc) is 3.23. The van der Waals surface area contributed by atoms with E-state index in [0.717, 1.165) is 63.7 Å². The van der Waals surface area contributed by atoms with Gasteiger partial charge >= 0.3 is 0 Å². The number of fused-ring (bicyclic) bond motifs is 1. The van der Waals surface area contributed by atoms with E-state index in [1.54, 1.807) is 14.0 Å². The van der Waals surface area contributed by atoms with E-state index in [-0.39, 0.29) is 11.3 Å². The fourth-order valence-electron chi connectivity index (χ4n) is 4.72. The monoisotopic (exact) mass is 360 g/mol. The molecule has 1 aromatic carbocycles. The quantitative estimate of drug-likeness (QED) is 0.823. The van der Waals surface area contributed by atoms with Crippen molar-refractivity contribution in [3.05, 3.63) is 23.8 Å². The summed E-state index contributed by atoms with van der Waals surface area (Å²) in [6.45, 7) is 7.50. The number of carbonyl (C=O) groups is 1. The van der Waals surface area contributed by atoms with Crippen molar-refractivity contribution in [2.75, 3.05) is 46.7 Å². The molecule has 6 heteroatoms. The van der Waals surface area contributed by atoms with E-state index < -0.39 is 0 Å². The van der Waals surface area contributed by atoms with Crippen molar-refractivity contribution < 1.29 is 19.0 Å². The first-order valence-corrected chi connectivity index (χ1v) is 9.45. The third-order valence-corrected chi connectivity index (χ3v) is 6.32. The third-order valence-electron chi connectivity index (χ3n) is 6.32. The second-order valence-electron chi connectivity index (χ2n) is 7.88. The molecule has 0 aliphatic carbocycles. The summed E-state index contributed by atoms with van der Waals surface area (Å²) in [6, 6.07) is 6.21. The Balaban J connectivity index is 1.39. The molecule has 1 aromatic rings. The van der Waals surface area contributed by atoms with Gasteiger partial charge in [-0.25, -0.2) is 0 Å². The molecule has 0 aromatic heterocycles. The van der Waals surface area contributed by atoms with Crippen molar-refractivity contribution in [3.8, 4) is 11.5 Å². The van der Waals surface area contributed by atoms with E-state index in [1.807, 2.05) is 11.0 Å². The van der Waals surface area contributed by atoms with Gasteiger partial charge in [0.1, 0.15) is 0 Å². The zero-order valence-electron chi connectivity index (χ0n) is 15.7. The lowest BCUT2D eigenvalue weighted by atomic mass is 9.71. The predicted molar refractivity (Wildman–Crippen MR) is 97.1 cm³/mol. The number of likely N-dealkylation sites (tertiary alicyclic amines) is 2. The Morgan fingerprint density at radius 2 is 2.04 bits per heavy atom. The summed E-state index contributed by atoms with van der Waals surface area (Å²) < 4.78 is 16.3. The van der Waals surface area contributed by atoms with Crippen LogP contribution in [0, 0.1) is 11.3 Å². The molecule has 1 amide bonds. The van der Waals surface area contributed by atoms with Gasteiger partial charge in [-0.1, -0.05) is 6.07 Å². The zero-order chi connectivity index (χ0) is 18.1. The molecular weight excluding hydrogens is 332 g/mol. The first-order chi connectivity index (χ1) is 12.6. The summed E-state index contributed by atoms with van der Waals surface area (Å²) in [6.07, 6.45) is 2.24. The molecule has 142 valence electrons. The van der Waals surface area contributed by atoms with Crippen LogP contribution in [0.2, 0.25) is 0 Å². The van der Waals surface area contributed by atoms with Crippen LogP contribution in [-0.4, -0.2) is 62.4 Å². The Labute approximate surface area is 155 Å². The number of nitrogens with zero attached hydrogens (tertiary/aromatic N) is 2. The molecule has 4 rings (SSSR count). The molecule has 0 bridgehead atoms. The second-order valence-corrected chi connectivity index (χ2v) is 7.88. The Bertz CT molecular complexity index is 670. The molecule has 3 aliphatic heterocycles. The molecule has 0 saturated carbocycles. The van der Waals surface area contributed by atoms with Gasteiger partial charge < -0.3 is 19.1 Å². The number of carbonyl (C=O) groups excluding carboxylic acids is 1. The molecule has 3 heterocycles. The fourth-order valence-corrected chi connectivity index (χ4v) is 4.72. The lowest BCUT2D eigenvalue weighted by Crippen LogP contribution is -2.45. The van der Waals surface area contributed by atoms with E-state index in [2.05, 4.69) is 17.0 Å². The number of benzene rings is 1. The largest absolute Gasteiger partial charge is 0.454 e. The van der Waals surface area contributed by atoms with Gasteiger partial charge in [-0.2, -0.15) is 0 Å². The summed E-state index contributed by atoms with van der Waals surface area (Å²) in [7, 11) is 1.76. The van der Waals surface area contributed by atoms with Crippen molar-refractivity contribution in [1.82, 2.24) is 9.80 Å². The molecule has 0 radical (unpaired) electrons. The Morgan fingerprint density at radius 3 is 2.77 bits per heavy atom. The molecule has 1 unspecified atom stereocenters. The standard InChI is InChI=1S/C20H28N2O4/c1-15(23)22-11-17(12-24-2)20(13-22)5-7-21(8-6-20)10-16-3-4-18-19(9-16)26-14-25-18/h3-4,9,17H,5-8,10-14H2,1-2H3. The van der Waals surface area contributed by atoms with E-state index in [4.69, 9.17) is 14.2 Å². The SMILES string of the molecule is COCC1CN(C(C)=O)CC12CCN(Cc1ccc3c(c1)OCO3)CC2. The van der Waals surface area contributed by atoms with Crippen LogP contribution < -0.4 is 9.47 Å². The van der Waals surface area contributed by atoms with Gasteiger partial charge in [0.2, 0.25) is 12.7 Å². The van der Waals surface area contributed by atoms with Crippen LogP contribution >= 0.6 is 0 Å². The molecule has 2 fully saturated rings. The molecule has 6 nitrogen and oxygen atoms in total. The number of hydrogen-bond donors (Lipinski definition) is 0. The maximum atomic E-state index is 11.9. The van der Waals surface area contributed by atoms with Gasteiger partial charge in [-0.15, -0.1) is 0 Å². The highest BCUT2D eigenvalue weighted by atomic mass is 16.7. The van der Waals surface area contributed by atoms with Gasteiger partial charge in [0.25, 0.3) is 0 Å². The first-order valence-electron chi connectivity index (χ1n) is 9.45. The summed E-state index contributed by atoms with van der Waals surface area (Å²) in [5, 5.41) is 0. The van der Waals surface area contributed by atoms with Gasteiger partial charge in [0, 0.05) is 39.6 Å². The highest BCUT2D eigenvalue weighted by molar-refractivity contribution is 5.73. The maximum absolute atomic E-state index is 11.9. The third kappa shape index (κ3) is 3.28. The predicted octanol–water partition coefficient (Wildman–Crippen LogP) is 2.12. The minimum Gasteiger partial charge on any atom is -0.454 e. The van der Waals surface area contributed by atoms with Crippen molar-refractivity contribution in [2.24, 2.45) is 11.3 Å². The summed E-state index contributed by atoms with van der Waals surface area (Å²) in [5.74, 6) is 2.32. The van der Waals surface area contributed by atoms with Crippen LogP contribution in [0.25, 0.3) is 0 Å². The Hall–Kier alpha value is -1.79. The van der Waals surface area contributed by atoms with Crippen molar-refractivity contribution in [1.29, 1.82) is 0 Å². The lowest BCUT2D eigenvalue weighted by molar-refractivity contribution is -0.128. The smallest absolute Gasteiger partial charge is 0.231 e. The van der Waals surface area contributed by atoms with E-state index >= 15 is 0 Å². The number of amides is 1. The highest BCUT2D eigenvalue weighted by Gasteiger charge is 2.48. The molecular formula is C20H28N2O4. The topological polar surface area (TPSA) is 51.2 Å². The highest BCUT2D eigenvalue weighted by Crippen LogP contribution is 2.45. The maximum Gasteiger partial charge on any atom is 0.231 e. The lowest BCUT2D eigenvalue weighted by Gasteiger charge is -2.42. The summed E-state index contributed by atoms with van der Waals surface area (Å²) in [5.41, 5.74) is 1.47. The van der Waals surface area contributed by atoms with E-state index in [1.165, 1.54) is 5.56 Å². The van der Waals surface area contributed by atoms with Crippen LogP contribution in [0.3, 0.4) is 0 Å². The van der Waals surface area contributed by atoms with E-state index in [9.17, 15) is 4.79 Å². The number of piperidine rings is 1. The van der Waals surface area contributed by atoms with Crippen LogP contribution in [0.15, 0.2) is 18.2 Å². The molecule has 3 aliphatic rings. The number of ether oxygens (including phenoxy) is 3. The van der Waals surface area contributed by atoms with Crippen molar-refractivity contribution in [3.63, 3.8) is 0 Å². The molecule has 1 spiro atoms. The number of hydrogen-bond acceptors (Lipinski definition) is 5. The minimum absolute atomic E-state index is 0.186. The summed E-state index contributed by atoms with van der Waals surface area (Å²) in [4.78, 5) is 16.4. The molecule has 0 N–H and O–H groups in total. The van der Waals surface area contributed by atoms with Crippen molar-refractivity contribution >= 4 is 5.91 Å².